The van der Waals surface area contributed by atoms with Crippen LogP contribution in [0.25, 0.3) is 20.9 Å². The number of hydrogen-bond donors (Lipinski definition) is 0. The molecule has 3 nitrogen and oxygen atoms in total. The van der Waals surface area contributed by atoms with Crippen molar-refractivity contribution in [2.75, 3.05) is 0 Å². The van der Waals surface area contributed by atoms with Gasteiger partial charge in [-0.1, -0.05) is 133 Å². The smallest absolute Gasteiger partial charge is 0.258 e. The molecule has 0 aliphatic heterocycles. The number of nitro groups is 1. The lowest BCUT2D eigenvalue weighted by molar-refractivity contribution is -0.384. The molecule has 5 aromatic carbocycles. The van der Waals surface area contributed by atoms with Crippen LogP contribution in [0.3, 0.4) is 0 Å². The third-order valence-corrected chi connectivity index (χ3v) is 11.7. The van der Waals surface area contributed by atoms with Crippen LogP contribution in [0.2, 0.25) is 0 Å². The molecule has 2 aromatic heterocycles. The number of nitrogens with zero attached hydrogens (tertiary/aromatic N) is 1. The second kappa shape index (κ2) is 14.9. The summed E-state index contributed by atoms with van der Waals surface area (Å²) in [5.74, 6) is 0. The Morgan fingerprint density at radius 2 is 1.04 bits per heavy atom. The molecule has 0 spiro atoms. The van der Waals surface area contributed by atoms with E-state index in [0.717, 1.165) is 11.3 Å². The van der Waals surface area contributed by atoms with Gasteiger partial charge in [-0.05, 0) is 75.9 Å². The number of rotatable bonds is 5. The van der Waals surface area contributed by atoms with E-state index in [4.69, 9.17) is 0 Å². The van der Waals surface area contributed by atoms with Gasteiger partial charge >= 0.3 is 0 Å². The first-order valence-electron chi connectivity index (χ1n) is 14.6. The Morgan fingerprint density at radius 1 is 0.511 bits per heavy atom. The van der Waals surface area contributed by atoms with E-state index < -0.39 is 7.92 Å². The maximum Gasteiger partial charge on any atom is 0.278 e. The average Bonchev–Trinajstić information content (AvgIpc) is 3.86. The first-order chi connectivity index (χ1) is 22.2. The lowest BCUT2D eigenvalue weighted by atomic mass is 10.1. The quantitative estimate of drug-likeness (QED) is 0.107. The van der Waals surface area contributed by atoms with Crippen LogP contribution < -0.4 is 15.9 Å². The molecule has 0 N–H and O–H groups in total. The Balaban J connectivity index is 0.000000123. The van der Waals surface area contributed by atoms with Gasteiger partial charge in [0.25, 0.3) is 5.69 Å². The summed E-state index contributed by atoms with van der Waals surface area (Å²) in [5.41, 5.74) is 5.28. The zero-order valence-electron chi connectivity index (χ0n) is 24.4. The second-order valence-corrected chi connectivity index (χ2v) is 14.3. The topological polar surface area (TPSA) is 43.1 Å². The maximum atomic E-state index is 10.7. The van der Waals surface area contributed by atoms with Gasteiger partial charge in [0.15, 0.2) is 0 Å². The van der Waals surface area contributed by atoms with Gasteiger partial charge < -0.3 is 0 Å². The Labute approximate surface area is 273 Å². The monoisotopic (exact) mass is 639 g/mol. The first-order valence-corrected chi connectivity index (χ1v) is 17.7. The third-order valence-electron chi connectivity index (χ3n) is 7.32. The van der Waals surface area contributed by atoms with E-state index >= 15 is 0 Å². The van der Waals surface area contributed by atoms with Gasteiger partial charge in [-0.3, -0.25) is 10.1 Å². The Bertz CT molecular complexity index is 1860. The summed E-state index contributed by atoms with van der Waals surface area (Å²) in [6, 6.07) is 53.8. The molecule has 0 radical (unpaired) electrons. The van der Waals surface area contributed by atoms with E-state index in [1.54, 1.807) is 12.1 Å². The normalized spacial score (nSPS) is 11.0. The summed E-state index contributed by atoms with van der Waals surface area (Å²) in [6.45, 7) is 0. The molecule has 0 atom stereocenters. The fourth-order valence-electron chi connectivity index (χ4n) is 5.26. The molecular formula is C39H30NO2PS2. The summed E-state index contributed by atoms with van der Waals surface area (Å²) in [4.78, 5) is 12.8. The van der Waals surface area contributed by atoms with Crippen LogP contribution in [0.15, 0.2) is 168 Å². The Hall–Kier alpha value is -4.67. The lowest BCUT2D eigenvalue weighted by Gasteiger charge is -2.18. The molecule has 0 fully saturated rings. The van der Waals surface area contributed by atoms with Crippen molar-refractivity contribution in [2.24, 2.45) is 0 Å². The maximum absolute atomic E-state index is 10.7. The Kier molecular flexibility index (Phi) is 10.0. The van der Waals surface area contributed by atoms with Crippen LogP contribution in [-0.4, -0.2) is 4.92 Å². The molecule has 1 aliphatic rings. The van der Waals surface area contributed by atoms with Crippen molar-refractivity contribution in [2.45, 2.75) is 6.42 Å². The van der Waals surface area contributed by atoms with Crippen molar-refractivity contribution in [3.05, 3.63) is 190 Å². The third kappa shape index (κ3) is 7.35. The highest BCUT2D eigenvalue weighted by Gasteiger charge is 2.18. The van der Waals surface area contributed by atoms with Gasteiger partial charge in [0, 0.05) is 15.8 Å². The number of fused-ring (bicyclic) bond motifs is 3. The number of benzene rings is 5. The van der Waals surface area contributed by atoms with Crippen molar-refractivity contribution in [1.29, 1.82) is 0 Å². The molecule has 8 rings (SSSR count). The molecule has 0 amide bonds. The van der Waals surface area contributed by atoms with Crippen LogP contribution >= 0.6 is 30.6 Å². The molecular weight excluding hydrogens is 610 g/mol. The van der Waals surface area contributed by atoms with Crippen molar-refractivity contribution in [1.82, 2.24) is 0 Å². The fourth-order valence-corrected chi connectivity index (χ4v) is 9.32. The van der Waals surface area contributed by atoms with E-state index in [-0.39, 0.29) is 10.6 Å². The summed E-state index contributed by atoms with van der Waals surface area (Å²) in [6.07, 6.45) is 1.13. The van der Waals surface area contributed by atoms with Crippen LogP contribution in [0.1, 0.15) is 11.1 Å². The van der Waals surface area contributed by atoms with Gasteiger partial charge in [-0.25, -0.2) is 0 Å². The zero-order valence-corrected chi connectivity index (χ0v) is 26.9. The number of nitro benzene ring substituents is 1. The van der Waals surface area contributed by atoms with Crippen molar-refractivity contribution >= 4 is 52.2 Å². The summed E-state index contributed by atoms with van der Waals surface area (Å²) < 4.78 is 0. The van der Waals surface area contributed by atoms with Crippen LogP contribution in [0.5, 0.6) is 0 Å². The molecule has 6 heteroatoms. The molecule has 7 aromatic rings. The highest BCUT2D eigenvalue weighted by molar-refractivity contribution is 7.79. The SMILES string of the molecule is O=[N+]([O-])c1ccccc1-c1cccs1.c1ccc(P(c2ccccc2)c2ccccc2)cc1.c1ccc2c(c1)Cc1ccsc1-2. The summed E-state index contributed by atoms with van der Waals surface area (Å²) in [7, 11) is -0.446. The predicted octanol–water partition coefficient (Wildman–Crippen LogP) is 10.1. The van der Waals surface area contributed by atoms with Crippen LogP contribution in [0, 0.1) is 10.1 Å². The van der Waals surface area contributed by atoms with Crippen molar-refractivity contribution < 1.29 is 4.92 Å². The van der Waals surface area contributed by atoms with Gasteiger partial charge in [0.2, 0.25) is 0 Å². The van der Waals surface area contributed by atoms with E-state index in [1.807, 2.05) is 34.9 Å². The van der Waals surface area contributed by atoms with Gasteiger partial charge in [0.05, 0.1) is 10.5 Å². The number of para-hydroxylation sites is 1. The van der Waals surface area contributed by atoms with Crippen molar-refractivity contribution in [3.63, 3.8) is 0 Å². The van der Waals surface area contributed by atoms with Crippen LogP contribution in [0.4, 0.5) is 5.69 Å². The molecule has 0 saturated carbocycles. The van der Waals surface area contributed by atoms with Gasteiger partial charge in [-0.2, -0.15) is 0 Å². The standard InChI is InChI=1S/C18H15P.C11H8S.C10H7NO2S/c1-4-10-16(11-5-1)19(17-12-6-2-7-13-17)18-14-8-3-9-15-18;1-2-4-10-8(3-1)7-9-5-6-12-11(9)10;12-11(13)9-5-2-1-4-8(9)10-6-3-7-14-10/h1-15H;1-6H,7H2;1-7H. The molecule has 220 valence electrons. The highest BCUT2D eigenvalue weighted by atomic mass is 32.1. The summed E-state index contributed by atoms with van der Waals surface area (Å²) in [5, 5.41) is 19.0. The minimum absolute atomic E-state index is 0.162. The molecule has 45 heavy (non-hydrogen) atoms. The minimum Gasteiger partial charge on any atom is -0.258 e. The predicted molar refractivity (Wildman–Crippen MR) is 194 cm³/mol. The van der Waals surface area contributed by atoms with E-state index in [1.165, 1.54) is 54.9 Å². The summed E-state index contributed by atoms with van der Waals surface area (Å²) >= 11 is 3.36. The second-order valence-electron chi connectivity index (χ2n) is 10.2. The van der Waals surface area contributed by atoms with Gasteiger partial charge in [0.1, 0.15) is 0 Å². The lowest BCUT2D eigenvalue weighted by Crippen LogP contribution is -2.20. The van der Waals surface area contributed by atoms with Crippen molar-refractivity contribution in [3.8, 4) is 20.9 Å². The van der Waals surface area contributed by atoms with E-state index in [2.05, 4.69) is 127 Å². The zero-order chi connectivity index (χ0) is 30.8. The molecule has 0 saturated heterocycles. The molecule has 2 heterocycles. The fraction of sp³-hybridized carbons (Fsp3) is 0.0256. The molecule has 0 bridgehead atoms. The molecule has 1 aliphatic carbocycles. The molecule has 0 unspecified atom stereocenters. The van der Waals surface area contributed by atoms with E-state index in [9.17, 15) is 10.1 Å². The largest absolute Gasteiger partial charge is 0.278 e. The highest BCUT2D eigenvalue weighted by Crippen LogP contribution is 2.40. The average molecular weight is 640 g/mol. The van der Waals surface area contributed by atoms with Gasteiger partial charge in [-0.15, -0.1) is 22.7 Å². The van der Waals surface area contributed by atoms with Crippen LogP contribution in [-0.2, 0) is 6.42 Å². The Morgan fingerprint density at radius 3 is 1.60 bits per heavy atom. The number of hydrogen-bond acceptors (Lipinski definition) is 4. The van der Waals surface area contributed by atoms with E-state index in [0.29, 0.717) is 5.56 Å². The number of thiophene rings is 2. The minimum atomic E-state index is -0.446. The first kappa shape index (κ1) is 30.4.